The molecule has 0 spiro atoms. The van der Waals surface area contributed by atoms with Gasteiger partial charge < -0.3 is 10.4 Å². The lowest BCUT2D eigenvalue weighted by Gasteiger charge is -2.31. The first-order chi connectivity index (χ1) is 11.6. The zero-order valence-electron chi connectivity index (χ0n) is 14.6. The van der Waals surface area contributed by atoms with Crippen LogP contribution in [0, 0.1) is 5.92 Å². The fraction of sp³-hybridized carbons (Fsp3) is 0.684. The first-order valence-corrected chi connectivity index (χ1v) is 9.17. The Morgan fingerprint density at radius 1 is 1.42 bits per heavy atom. The highest BCUT2D eigenvalue weighted by Crippen LogP contribution is 2.35. The first-order valence-electron chi connectivity index (χ1n) is 9.17. The van der Waals surface area contributed by atoms with Crippen molar-refractivity contribution in [1.82, 2.24) is 15.2 Å². The van der Waals surface area contributed by atoms with Crippen molar-refractivity contribution in [3.63, 3.8) is 0 Å². The van der Waals surface area contributed by atoms with Crippen molar-refractivity contribution >= 4 is 5.91 Å². The molecule has 2 fully saturated rings. The van der Waals surface area contributed by atoms with Gasteiger partial charge in [0.2, 0.25) is 5.91 Å². The maximum Gasteiger partial charge on any atom is 0.222 e. The number of aromatic nitrogens is 1. The summed E-state index contributed by atoms with van der Waals surface area (Å²) in [6.45, 7) is 1.70. The summed E-state index contributed by atoms with van der Waals surface area (Å²) in [4.78, 5) is 18.9. The van der Waals surface area contributed by atoms with Crippen LogP contribution in [0.5, 0.6) is 0 Å². The second-order valence-electron chi connectivity index (χ2n) is 7.53. The van der Waals surface area contributed by atoms with Gasteiger partial charge in [-0.25, -0.2) is 0 Å². The molecule has 2 aliphatic rings. The third kappa shape index (κ3) is 4.14. The minimum absolute atomic E-state index is 0.0149. The van der Waals surface area contributed by atoms with E-state index in [0.29, 0.717) is 18.5 Å². The maximum atomic E-state index is 12.3. The van der Waals surface area contributed by atoms with Gasteiger partial charge in [-0.05, 0) is 50.4 Å². The largest absolute Gasteiger partial charge is 0.389 e. The average molecular weight is 331 g/mol. The molecule has 0 radical (unpaired) electrons. The smallest absolute Gasteiger partial charge is 0.222 e. The van der Waals surface area contributed by atoms with E-state index in [2.05, 4.69) is 28.3 Å². The van der Waals surface area contributed by atoms with E-state index in [0.717, 1.165) is 38.6 Å². The van der Waals surface area contributed by atoms with E-state index in [-0.39, 0.29) is 12.3 Å². The molecule has 0 aromatic carbocycles. The van der Waals surface area contributed by atoms with Crippen molar-refractivity contribution in [2.24, 2.45) is 5.92 Å². The Morgan fingerprint density at radius 2 is 2.21 bits per heavy atom. The van der Waals surface area contributed by atoms with Crippen LogP contribution in [-0.2, 0) is 4.79 Å². The van der Waals surface area contributed by atoms with Gasteiger partial charge in [0.05, 0.1) is 12.0 Å². The summed E-state index contributed by atoms with van der Waals surface area (Å²) in [5, 5.41) is 13.6. The molecule has 1 aromatic heterocycles. The SMILES string of the molecule is CN1CC[C@@H](CNC(=O)CC2(O)CCCCC2)[C@@H]1c1cccnc1. The van der Waals surface area contributed by atoms with Crippen LogP contribution in [0.3, 0.4) is 0 Å². The Labute approximate surface area is 144 Å². The highest BCUT2D eigenvalue weighted by atomic mass is 16.3. The van der Waals surface area contributed by atoms with Crippen LogP contribution in [0.4, 0.5) is 0 Å². The molecule has 1 aliphatic heterocycles. The van der Waals surface area contributed by atoms with Gasteiger partial charge in [0, 0.05) is 25.0 Å². The van der Waals surface area contributed by atoms with Gasteiger partial charge in [-0.2, -0.15) is 0 Å². The summed E-state index contributed by atoms with van der Waals surface area (Å²) in [5.74, 6) is 0.378. The summed E-state index contributed by atoms with van der Waals surface area (Å²) < 4.78 is 0. The van der Waals surface area contributed by atoms with E-state index >= 15 is 0 Å². The lowest BCUT2D eigenvalue weighted by molar-refractivity contribution is -0.127. The Morgan fingerprint density at radius 3 is 2.92 bits per heavy atom. The monoisotopic (exact) mass is 331 g/mol. The molecule has 1 saturated carbocycles. The van der Waals surface area contributed by atoms with Gasteiger partial charge in [-0.15, -0.1) is 0 Å². The molecule has 1 saturated heterocycles. The fourth-order valence-electron chi connectivity index (χ4n) is 4.31. The molecule has 5 heteroatoms. The Balaban J connectivity index is 1.54. The molecule has 2 N–H and O–H groups in total. The van der Waals surface area contributed by atoms with Crippen molar-refractivity contribution in [3.05, 3.63) is 30.1 Å². The van der Waals surface area contributed by atoms with Gasteiger partial charge in [0.15, 0.2) is 0 Å². The number of nitrogens with zero attached hydrogens (tertiary/aromatic N) is 2. The van der Waals surface area contributed by atoms with E-state index in [1.165, 1.54) is 12.0 Å². The second-order valence-corrected chi connectivity index (χ2v) is 7.53. The zero-order valence-corrected chi connectivity index (χ0v) is 14.6. The maximum absolute atomic E-state index is 12.3. The third-order valence-corrected chi connectivity index (χ3v) is 5.64. The highest BCUT2D eigenvalue weighted by molar-refractivity contribution is 5.77. The Kier molecular flexibility index (Phi) is 5.51. The topological polar surface area (TPSA) is 65.5 Å². The van der Waals surface area contributed by atoms with Crippen LogP contribution in [0.2, 0.25) is 0 Å². The molecular formula is C19H29N3O2. The normalized spacial score (nSPS) is 27.1. The van der Waals surface area contributed by atoms with Crippen LogP contribution in [0.15, 0.2) is 24.5 Å². The van der Waals surface area contributed by atoms with Crippen molar-refractivity contribution in [1.29, 1.82) is 0 Å². The van der Waals surface area contributed by atoms with Crippen LogP contribution in [-0.4, -0.2) is 46.6 Å². The van der Waals surface area contributed by atoms with E-state index in [1.807, 2.05) is 12.3 Å². The molecule has 1 aliphatic carbocycles. The molecule has 5 nitrogen and oxygen atoms in total. The number of likely N-dealkylation sites (tertiary alicyclic amines) is 1. The summed E-state index contributed by atoms with van der Waals surface area (Å²) in [6, 6.07) is 4.38. The summed E-state index contributed by atoms with van der Waals surface area (Å²) >= 11 is 0. The molecular weight excluding hydrogens is 302 g/mol. The van der Waals surface area contributed by atoms with Gasteiger partial charge in [-0.1, -0.05) is 25.3 Å². The van der Waals surface area contributed by atoms with Crippen LogP contribution < -0.4 is 5.32 Å². The van der Waals surface area contributed by atoms with E-state index < -0.39 is 5.60 Å². The molecule has 24 heavy (non-hydrogen) atoms. The number of nitrogens with one attached hydrogen (secondary N) is 1. The van der Waals surface area contributed by atoms with Gasteiger partial charge >= 0.3 is 0 Å². The average Bonchev–Trinajstić information content (AvgIpc) is 2.95. The summed E-state index contributed by atoms with van der Waals surface area (Å²) in [6.07, 6.45) is 9.77. The molecule has 0 bridgehead atoms. The number of hydrogen-bond donors (Lipinski definition) is 2. The van der Waals surface area contributed by atoms with E-state index in [9.17, 15) is 9.90 Å². The van der Waals surface area contributed by atoms with Crippen molar-refractivity contribution in [2.75, 3.05) is 20.1 Å². The third-order valence-electron chi connectivity index (χ3n) is 5.64. The number of pyridine rings is 1. The highest BCUT2D eigenvalue weighted by Gasteiger charge is 2.35. The van der Waals surface area contributed by atoms with Gasteiger partial charge in [0.25, 0.3) is 0 Å². The lowest BCUT2D eigenvalue weighted by Crippen LogP contribution is -2.40. The minimum atomic E-state index is -0.780. The number of carbonyl (C=O) groups is 1. The van der Waals surface area contributed by atoms with Gasteiger partial charge in [-0.3, -0.25) is 14.7 Å². The van der Waals surface area contributed by atoms with Crippen LogP contribution in [0.1, 0.15) is 56.6 Å². The number of rotatable bonds is 5. The van der Waals surface area contributed by atoms with Crippen molar-refractivity contribution in [2.45, 2.75) is 56.6 Å². The predicted molar refractivity (Wildman–Crippen MR) is 93.4 cm³/mol. The summed E-state index contributed by atoms with van der Waals surface area (Å²) in [7, 11) is 2.13. The van der Waals surface area contributed by atoms with Crippen molar-refractivity contribution in [3.8, 4) is 0 Å². The van der Waals surface area contributed by atoms with Crippen LogP contribution >= 0.6 is 0 Å². The lowest BCUT2D eigenvalue weighted by atomic mass is 9.82. The molecule has 1 amide bonds. The number of aliphatic hydroxyl groups is 1. The quantitative estimate of drug-likeness (QED) is 0.869. The second kappa shape index (κ2) is 7.62. The zero-order chi connectivity index (χ0) is 17.0. The molecule has 2 atom stereocenters. The molecule has 1 aromatic rings. The predicted octanol–water partition coefficient (Wildman–Crippen LogP) is 2.28. The minimum Gasteiger partial charge on any atom is -0.389 e. The van der Waals surface area contributed by atoms with E-state index in [1.54, 1.807) is 6.20 Å². The van der Waals surface area contributed by atoms with E-state index in [4.69, 9.17) is 0 Å². The first kappa shape index (κ1) is 17.4. The standard InChI is InChI=1S/C19H29N3O2/c1-22-11-7-16(18(22)15-6-5-10-20-13-15)14-21-17(23)12-19(24)8-3-2-4-9-19/h5-6,10,13,16,18,24H,2-4,7-9,11-12,14H2,1H3,(H,21,23)/t16-,18-/m0/s1. The molecule has 3 rings (SSSR count). The van der Waals surface area contributed by atoms with Crippen molar-refractivity contribution < 1.29 is 9.90 Å². The number of hydrogen-bond acceptors (Lipinski definition) is 4. The van der Waals surface area contributed by atoms with Crippen LogP contribution in [0.25, 0.3) is 0 Å². The fourth-order valence-corrected chi connectivity index (χ4v) is 4.31. The molecule has 0 unspecified atom stereocenters. The summed E-state index contributed by atoms with van der Waals surface area (Å²) in [5.41, 5.74) is 0.431. The van der Waals surface area contributed by atoms with Gasteiger partial charge in [0.1, 0.15) is 0 Å². The number of amides is 1. The Hall–Kier alpha value is -1.46. The molecule has 2 heterocycles. The Bertz CT molecular complexity index is 543. The molecule has 132 valence electrons. The number of carbonyl (C=O) groups excluding carboxylic acids is 1.